The van der Waals surface area contributed by atoms with E-state index >= 15 is 0 Å². The van der Waals surface area contributed by atoms with Crippen molar-refractivity contribution >= 4 is 183 Å². The molecule has 0 aliphatic heterocycles. The number of halogens is 1. The van der Waals surface area contributed by atoms with E-state index < -0.39 is 0 Å². The van der Waals surface area contributed by atoms with Crippen LogP contribution in [0.2, 0.25) is 5.28 Å². The Balaban J connectivity index is 0.000000110. The van der Waals surface area contributed by atoms with Crippen LogP contribution in [0.5, 0.6) is 0 Å². The maximum atomic E-state index is 6.10. The number of hydrogen-bond donors (Lipinski definition) is 0. The number of thiophene rings is 2. The van der Waals surface area contributed by atoms with Gasteiger partial charge in [-0.1, -0.05) is 261 Å². The van der Waals surface area contributed by atoms with Gasteiger partial charge in [0.1, 0.15) is 0 Å². The second kappa shape index (κ2) is 22.2. The van der Waals surface area contributed by atoms with Gasteiger partial charge in [0.25, 0.3) is 0 Å². The van der Waals surface area contributed by atoms with Crippen molar-refractivity contribution in [3.05, 3.63) is 320 Å². The molecular formula is C89H52ClN5S2. The highest BCUT2D eigenvalue weighted by molar-refractivity contribution is 7.26. The van der Waals surface area contributed by atoms with Gasteiger partial charge < -0.3 is 0 Å². The van der Waals surface area contributed by atoms with Crippen molar-refractivity contribution in [3.8, 4) is 39.6 Å². The lowest BCUT2D eigenvalue weighted by atomic mass is 9.89. The summed E-state index contributed by atoms with van der Waals surface area (Å²) >= 11 is 9.87. The SMILES string of the molecule is Clc1nc(-c2ccccc2)c2c(ccc3ccccc32)n1.c1ccc(-c2nc(-n3c4ccccc4c4c5ccccc5c5c(ccc6sc7ccccc7c65)c43)nc3ccc4ccccc4c23)cc1.c1ccc2c(c1)Cc1c-2c2ccccc2c2c1ccc1sc3ccccc3c12. The average Bonchev–Trinajstić information content (AvgIpc) is 1.58. The first-order valence-corrected chi connectivity index (χ1v) is 34.8. The third-order valence-corrected chi connectivity index (χ3v) is 22.3. The van der Waals surface area contributed by atoms with Crippen molar-refractivity contribution in [1.82, 2.24) is 24.5 Å². The summed E-state index contributed by atoms with van der Waals surface area (Å²) in [5.41, 5.74) is 13.8. The predicted molar refractivity (Wildman–Crippen MR) is 415 cm³/mol. The van der Waals surface area contributed by atoms with E-state index in [0.29, 0.717) is 5.95 Å². The maximum Gasteiger partial charge on any atom is 0.235 e. The van der Waals surface area contributed by atoms with Crippen molar-refractivity contribution in [2.75, 3.05) is 0 Å². The molecule has 22 rings (SSSR count). The third kappa shape index (κ3) is 8.69. The maximum absolute atomic E-state index is 6.10. The normalized spacial score (nSPS) is 12.1. The number of fused-ring (bicyclic) bond motifs is 30. The molecule has 21 aromatic rings. The van der Waals surface area contributed by atoms with E-state index in [2.05, 4.69) is 269 Å². The Morgan fingerprint density at radius 2 is 0.763 bits per heavy atom. The van der Waals surface area contributed by atoms with E-state index in [1.54, 1.807) is 0 Å². The fraction of sp³-hybridized carbons (Fsp3) is 0.0112. The average molecular weight is 1290 g/mol. The van der Waals surface area contributed by atoms with Crippen LogP contribution in [-0.4, -0.2) is 24.5 Å². The zero-order chi connectivity index (χ0) is 63.8. The number of hydrogen-bond acceptors (Lipinski definition) is 6. The second-order valence-electron chi connectivity index (χ2n) is 25.1. The summed E-state index contributed by atoms with van der Waals surface area (Å²) in [5, 5.41) is 25.5. The molecule has 0 fully saturated rings. The van der Waals surface area contributed by atoms with Crippen molar-refractivity contribution in [1.29, 1.82) is 0 Å². The first-order chi connectivity index (χ1) is 48.1. The van der Waals surface area contributed by atoms with E-state index in [9.17, 15) is 0 Å². The minimum Gasteiger partial charge on any atom is -0.277 e. The van der Waals surface area contributed by atoms with E-state index in [4.69, 9.17) is 21.6 Å². The van der Waals surface area contributed by atoms with E-state index in [1.165, 1.54) is 127 Å². The molecule has 0 N–H and O–H groups in total. The van der Waals surface area contributed by atoms with Crippen LogP contribution in [0.1, 0.15) is 11.1 Å². The minimum atomic E-state index is 0.275. The van der Waals surface area contributed by atoms with Crippen LogP contribution < -0.4 is 0 Å². The number of para-hydroxylation sites is 1. The van der Waals surface area contributed by atoms with Gasteiger partial charge in [-0.25, -0.2) is 19.9 Å². The molecule has 0 spiro atoms. The lowest BCUT2D eigenvalue weighted by Gasteiger charge is -2.15. The highest BCUT2D eigenvalue weighted by Gasteiger charge is 2.27. The number of rotatable bonds is 3. The molecule has 0 saturated carbocycles. The van der Waals surface area contributed by atoms with Crippen molar-refractivity contribution in [2.24, 2.45) is 0 Å². The van der Waals surface area contributed by atoms with Gasteiger partial charge in [0.2, 0.25) is 11.2 Å². The zero-order valence-electron chi connectivity index (χ0n) is 52.0. The van der Waals surface area contributed by atoms with Crippen molar-refractivity contribution < 1.29 is 0 Å². The van der Waals surface area contributed by atoms with Gasteiger partial charge in [-0.05, 0) is 137 Å². The largest absolute Gasteiger partial charge is 0.277 e. The lowest BCUT2D eigenvalue weighted by Crippen LogP contribution is -2.04. The molecule has 452 valence electrons. The first kappa shape index (κ1) is 55.7. The molecule has 0 bridgehead atoms. The van der Waals surface area contributed by atoms with Crippen LogP contribution in [0.3, 0.4) is 0 Å². The summed E-state index contributed by atoms with van der Waals surface area (Å²) in [6.45, 7) is 0. The summed E-state index contributed by atoms with van der Waals surface area (Å²) in [7, 11) is 0. The van der Waals surface area contributed by atoms with Gasteiger partial charge in [-0.15, -0.1) is 22.7 Å². The molecule has 0 amide bonds. The highest BCUT2D eigenvalue weighted by Crippen LogP contribution is 2.51. The fourth-order valence-electron chi connectivity index (χ4n) is 15.8. The van der Waals surface area contributed by atoms with Crippen LogP contribution in [0.25, 0.3) is 188 Å². The summed E-state index contributed by atoms with van der Waals surface area (Å²) in [6, 6.07) is 108. The molecule has 97 heavy (non-hydrogen) atoms. The summed E-state index contributed by atoms with van der Waals surface area (Å²) in [4.78, 5) is 19.7. The third-order valence-electron chi connectivity index (χ3n) is 19.9. The Labute approximate surface area is 569 Å². The Kier molecular flexibility index (Phi) is 12.8. The van der Waals surface area contributed by atoms with Gasteiger partial charge >= 0.3 is 0 Å². The van der Waals surface area contributed by atoms with Crippen LogP contribution in [0.15, 0.2) is 303 Å². The minimum absolute atomic E-state index is 0.275. The van der Waals surface area contributed by atoms with Crippen LogP contribution in [0, 0.1) is 0 Å². The molecule has 8 heteroatoms. The molecule has 5 heterocycles. The lowest BCUT2D eigenvalue weighted by molar-refractivity contribution is 1.02. The molecule has 1 aliphatic carbocycles. The second-order valence-corrected chi connectivity index (χ2v) is 27.6. The quantitative estimate of drug-likeness (QED) is 0.131. The van der Waals surface area contributed by atoms with Crippen molar-refractivity contribution in [3.63, 3.8) is 0 Å². The van der Waals surface area contributed by atoms with Gasteiger partial charge in [-0.2, -0.15) is 0 Å². The topological polar surface area (TPSA) is 56.5 Å². The molecule has 0 radical (unpaired) electrons. The number of aromatic nitrogens is 5. The van der Waals surface area contributed by atoms with Crippen LogP contribution in [0.4, 0.5) is 0 Å². The van der Waals surface area contributed by atoms with E-state index in [-0.39, 0.29) is 5.28 Å². The molecular weight excluding hydrogens is 1240 g/mol. The van der Waals surface area contributed by atoms with Gasteiger partial charge in [0.15, 0.2) is 0 Å². The molecule has 0 atom stereocenters. The highest BCUT2D eigenvalue weighted by atomic mass is 35.5. The monoisotopic (exact) mass is 1290 g/mol. The summed E-state index contributed by atoms with van der Waals surface area (Å²) < 4.78 is 7.69. The summed E-state index contributed by atoms with van der Waals surface area (Å²) in [5.74, 6) is 0.676. The predicted octanol–water partition coefficient (Wildman–Crippen LogP) is 25.3. The van der Waals surface area contributed by atoms with Gasteiger partial charge in [-0.3, -0.25) is 4.57 Å². The summed E-state index contributed by atoms with van der Waals surface area (Å²) in [6.07, 6.45) is 1.03. The Morgan fingerprint density at radius 1 is 0.299 bits per heavy atom. The van der Waals surface area contributed by atoms with Crippen LogP contribution in [-0.2, 0) is 6.42 Å². The van der Waals surface area contributed by atoms with Gasteiger partial charge in [0.05, 0.1) is 33.5 Å². The van der Waals surface area contributed by atoms with E-state index in [1.807, 2.05) is 71.2 Å². The van der Waals surface area contributed by atoms with Gasteiger partial charge in [0, 0.05) is 83.8 Å². The Morgan fingerprint density at radius 3 is 1.39 bits per heavy atom. The van der Waals surface area contributed by atoms with Crippen molar-refractivity contribution in [2.45, 2.75) is 6.42 Å². The molecule has 0 saturated heterocycles. The first-order valence-electron chi connectivity index (χ1n) is 32.8. The molecule has 1 aliphatic rings. The molecule has 16 aromatic carbocycles. The molecule has 0 unspecified atom stereocenters. The zero-order valence-corrected chi connectivity index (χ0v) is 54.4. The standard InChI is InChI=1S/C44H25N3S.C27H16S.C18H11ClN2/c1-2-13-27(14-3-1)42-40-28-15-5-4-12-26(28)22-24-34(40)45-44(46-42)47-35-20-10-8-18-31(35)39-30-17-7-6-16-29(30)38-33(43(39)47)23-25-37-41(38)32-19-9-11-21-36(32)48-37;1-2-8-17-16(7-1)15-22-20-13-14-24-27(21-11-5-6-12-23(21)28-24)26(20)19-10-4-3-9-18(19)25(17)22;19-18-20-15-11-10-12-6-4-5-9-14(12)16(15)17(21-18)13-7-2-1-3-8-13/h1-25H;1-14H,15H2;1-11H. The van der Waals surface area contributed by atoms with Crippen LogP contribution >= 0.6 is 34.3 Å². The number of nitrogens with zero attached hydrogens (tertiary/aromatic N) is 5. The molecule has 5 aromatic heterocycles. The molecule has 5 nitrogen and oxygen atoms in total. The smallest absolute Gasteiger partial charge is 0.235 e. The van der Waals surface area contributed by atoms with E-state index in [0.717, 1.165) is 72.5 Å². The number of benzene rings is 16. The fourth-order valence-corrected chi connectivity index (χ4v) is 18.2. The Bertz CT molecular complexity index is 6870. The Hall–Kier alpha value is -11.7.